The fourth-order valence-electron chi connectivity index (χ4n) is 1.56. The second-order valence-electron chi connectivity index (χ2n) is 4.31. The number of benzene rings is 1. The first kappa shape index (κ1) is 10.9. The normalized spacial score (nSPS) is 22.8. The molecule has 1 aromatic rings. The zero-order chi connectivity index (χ0) is 11.9. The topological polar surface area (TPSA) is 64.3 Å². The van der Waals surface area contributed by atoms with Gasteiger partial charge in [0.05, 0.1) is 5.69 Å². The second-order valence-corrected chi connectivity index (χ2v) is 4.31. The molecule has 0 aliphatic carbocycles. The third-order valence-electron chi connectivity index (χ3n) is 2.60. The maximum atomic E-state index is 13.0. The Balaban J connectivity index is 2.48. The number of carbonyl (C=O) groups excluding carboxylic acids is 1. The number of halogens is 1. The van der Waals surface area contributed by atoms with Gasteiger partial charge in [-0.25, -0.2) is 4.39 Å². The zero-order valence-electron chi connectivity index (χ0n) is 9.08. The van der Waals surface area contributed by atoms with Crippen molar-refractivity contribution in [1.82, 2.24) is 0 Å². The number of rotatable bonds is 0. The van der Waals surface area contributed by atoms with Gasteiger partial charge >= 0.3 is 0 Å². The van der Waals surface area contributed by atoms with Crippen LogP contribution >= 0.6 is 0 Å². The summed E-state index contributed by atoms with van der Waals surface area (Å²) in [5, 5.41) is 2.54. The maximum Gasteiger partial charge on any atom is 0.245 e. The van der Waals surface area contributed by atoms with Crippen molar-refractivity contribution in [3.63, 3.8) is 0 Å². The molecule has 2 rings (SSSR count). The number of nitrogens with one attached hydrogen (secondary N) is 1. The lowest BCUT2D eigenvalue weighted by molar-refractivity contribution is -0.120. The Labute approximate surface area is 92.6 Å². The van der Waals surface area contributed by atoms with Crippen molar-refractivity contribution >= 4 is 11.6 Å². The molecule has 1 amide bonds. The molecule has 0 unspecified atom stereocenters. The molecule has 0 radical (unpaired) electrons. The smallest absolute Gasteiger partial charge is 0.245 e. The molecular formula is C11H13FN2O2. The van der Waals surface area contributed by atoms with Gasteiger partial charge in [0.25, 0.3) is 0 Å². The molecule has 0 fully saturated rings. The average Bonchev–Trinajstić information content (AvgIpc) is 2.27. The summed E-state index contributed by atoms with van der Waals surface area (Å²) in [6, 6.07) is 3.16. The number of nitrogens with two attached hydrogens (primary N) is 1. The van der Waals surface area contributed by atoms with E-state index in [4.69, 9.17) is 10.5 Å². The molecule has 1 heterocycles. The molecule has 0 bridgehead atoms. The molecule has 0 saturated heterocycles. The lowest BCUT2D eigenvalue weighted by Crippen LogP contribution is -2.53. The van der Waals surface area contributed by atoms with Crippen molar-refractivity contribution in [1.29, 1.82) is 0 Å². The van der Waals surface area contributed by atoms with Crippen LogP contribution in [0.15, 0.2) is 18.2 Å². The minimum absolute atomic E-state index is 0.311. The fraction of sp³-hybridized carbons (Fsp3) is 0.364. The summed E-state index contributed by atoms with van der Waals surface area (Å²) in [5.41, 5.74) is 5.23. The van der Waals surface area contributed by atoms with E-state index in [1.165, 1.54) is 18.2 Å². The Hall–Kier alpha value is -1.62. The van der Waals surface area contributed by atoms with E-state index in [2.05, 4.69) is 5.32 Å². The molecule has 1 aliphatic heterocycles. The van der Waals surface area contributed by atoms with Gasteiger partial charge in [-0.3, -0.25) is 4.79 Å². The van der Waals surface area contributed by atoms with E-state index in [0.29, 0.717) is 11.4 Å². The first-order valence-corrected chi connectivity index (χ1v) is 4.95. The van der Waals surface area contributed by atoms with E-state index < -0.39 is 17.5 Å². The largest absolute Gasteiger partial charge is 0.483 e. The molecule has 16 heavy (non-hydrogen) atoms. The highest BCUT2D eigenvalue weighted by Gasteiger charge is 2.37. The Morgan fingerprint density at radius 1 is 1.50 bits per heavy atom. The van der Waals surface area contributed by atoms with Crippen LogP contribution in [0.1, 0.15) is 13.8 Å². The summed E-state index contributed by atoms with van der Waals surface area (Å²) < 4.78 is 18.6. The van der Waals surface area contributed by atoms with Crippen molar-refractivity contribution in [3.05, 3.63) is 24.0 Å². The molecule has 1 atom stereocenters. The number of ether oxygens (including phenoxy) is 1. The Kier molecular flexibility index (Phi) is 2.35. The highest BCUT2D eigenvalue weighted by Crippen LogP contribution is 2.32. The number of carbonyl (C=O) groups is 1. The van der Waals surface area contributed by atoms with E-state index >= 15 is 0 Å². The molecule has 0 spiro atoms. The van der Waals surface area contributed by atoms with E-state index in [0.717, 1.165) is 0 Å². The third-order valence-corrected chi connectivity index (χ3v) is 2.60. The summed E-state index contributed by atoms with van der Waals surface area (Å²) in [5.74, 6) is -0.391. The number of fused-ring (bicyclic) bond motifs is 1. The highest BCUT2D eigenvalue weighted by molar-refractivity contribution is 5.97. The van der Waals surface area contributed by atoms with Crippen LogP contribution < -0.4 is 15.8 Å². The van der Waals surface area contributed by atoms with Crippen LogP contribution in [0.3, 0.4) is 0 Å². The van der Waals surface area contributed by atoms with E-state index in [1.54, 1.807) is 13.8 Å². The van der Waals surface area contributed by atoms with Gasteiger partial charge in [-0.05, 0) is 26.0 Å². The monoisotopic (exact) mass is 224 g/mol. The molecule has 3 N–H and O–H groups in total. The lowest BCUT2D eigenvalue weighted by atomic mass is 9.99. The van der Waals surface area contributed by atoms with Gasteiger partial charge in [0.15, 0.2) is 0 Å². The first-order chi connectivity index (χ1) is 7.40. The van der Waals surface area contributed by atoms with Crippen molar-refractivity contribution in [3.8, 4) is 5.75 Å². The van der Waals surface area contributed by atoms with Gasteiger partial charge in [0.1, 0.15) is 23.2 Å². The molecule has 1 aromatic carbocycles. The summed E-state index contributed by atoms with van der Waals surface area (Å²) in [6.07, 6.45) is 0. The summed E-state index contributed by atoms with van der Waals surface area (Å²) in [7, 11) is 0. The first-order valence-electron chi connectivity index (χ1n) is 4.95. The molecule has 0 saturated carbocycles. The number of hydrogen-bond donors (Lipinski definition) is 2. The number of anilines is 1. The van der Waals surface area contributed by atoms with Gasteiger partial charge in [-0.1, -0.05) is 0 Å². The zero-order valence-corrected chi connectivity index (χ0v) is 9.08. The van der Waals surface area contributed by atoms with Crippen LogP contribution in [-0.4, -0.2) is 17.6 Å². The quantitative estimate of drug-likeness (QED) is 0.697. The highest BCUT2D eigenvalue weighted by atomic mass is 19.1. The van der Waals surface area contributed by atoms with Crippen molar-refractivity contribution < 1.29 is 13.9 Å². The van der Waals surface area contributed by atoms with Crippen LogP contribution in [0.2, 0.25) is 0 Å². The molecule has 86 valence electrons. The molecule has 0 aromatic heterocycles. The maximum absolute atomic E-state index is 13.0. The molecule has 1 aliphatic rings. The number of amides is 1. The molecule has 4 nitrogen and oxygen atoms in total. The average molecular weight is 224 g/mol. The van der Waals surface area contributed by atoms with Crippen LogP contribution in [0.25, 0.3) is 0 Å². The molecule has 5 heteroatoms. The van der Waals surface area contributed by atoms with Gasteiger partial charge in [-0.15, -0.1) is 0 Å². The van der Waals surface area contributed by atoms with Crippen LogP contribution in [0.4, 0.5) is 10.1 Å². The Morgan fingerprint density at radius 3 is 2.88 bits per heavy atom. The number of hydrogen-bond acceptors (Lipinski definition) is 3. The van der Waals surface area contributed by atoms with Crippen LogP contribution in [-0.2, 0) is 4.79 Å². The van der Waals surface area contributed by atoms with Crippen molar-refractivity contribution in [2.24, 2.45) is 5.73 Å². The lowest BCUT2D eigenvalue weighted by Gasteiger charge is -2.28. The van der Waals surface area contributed by atoms with Gasteiger partial charge in [0.2, 0.25) is 5.91 Å². The SMILES string of the molecule is CC1(C)Oc2ccc(F)cc2NC(=O)[C@@H]1N. The van der Waals surface area contributed by atoms with Crippen LogP contribution in [0.5, 0.6) is 5.75 Å². The van der Waals surface area contributed by atoms with E-state index in [9.17, 15) is 9.18 Å². The summed E-state index contributed by atoms with van der Waals surface area (Å²) in [4.78, 5) is 11.7. The van der Waals surface area contributed by atoms with Gasteiger partial charge in [0, 0.05) is 6.07 Å². The van der Waals surface area contributed by atoms with Gasteiger partial charge in [-0.2, -0.15) is 0 Å². The van der Waals surface area contributed by atoms with Crippen molar-refractivity contribution in [2.75, 3.05) is 5.32 Å². The van der Waals surface area contributed by atoms with Crippen molar-refractivity contribution in [2.45, 2.75) is 25.5 Å². The van der Waals surface area contributed by atoms with E-state index in [-0.39, 0.29) is 5.91 Å². The second kappa shape index (κ2) is 3.45. The molecular weight excluding hydrogens is 211 g/mol. The summed E-state index contributed by atoms with van der Waals surface area (Å²) in [6.45, 7) is 3.44. The minimum Gasteiger partial charge on any atom is -0.483 e. The predicted octanol–water partition coefficient (Wildman–Crippen LogP) is 1.26. The standard InChI is InChI=1S/C11H13FN2O2/c1-11(2)9(13)10(15)14-7-5-6(12)3-4-8(7)16-11/h3-5,9H,13H2,1-2H3,(H,14,15)/t9-/m0/s1. The predicted molar refractivity (Wildman–Crippen MR) is 57.7 cm³/mol. The third kappa shape index (κ3) is 1.74. The fourth-order valence-corrected chi connectivity index (χ4v) is 1.56. The summed E-state index contributed by atoms with van der Waals surface area (Å²) >= 11 is 0. The minimum atomic E-state index is -0.826. The van der Waals surface area contributed by atoms with Gasteiger partial charge < -0.3 is 15.8 Å². The van der Waals surface area contributed by atoms with Crippen LogP contribution in [0, 0.1) is 5.82 Å². The Morgan fingerprint density at radius 2 is 2.19 bits per heavy atom. The Bertz CT molecular complexity index is 446. The van der Waals surface area contributed by atoms with E-state index in [1.807, 2.05) is 0 Å².